The molecule has 166 valence electrons. The average Bonchev–Trinajstić information content (AvgIpc) is 2.78. The highest BCUT2D eigenvalue weighted by Gasteiger charge is 2.18. The third kappa shape index (κ3) is 6.50. The van der Waals surface area contributed by atoms with Gasteiger partial charge in [-0.3, -0.25) is 19.8 Å². The van der Waals surface area contributed by atoms with E-state index in [1.165, 1.54) is 6.07 Å². The Morgan fingerprint density at radius 3 is 2.77 bits per heavy atom. The lowest BCUT2D eigenvalue weighted by molar-refractivity contribution is -0.385. The number of carbonyl (C=O) groups excluding carboxylic acids is 1. The second-order valence-electron chi connectivity index (χ2n) is 7.76. The number of hydrogen-bond donors (Lipinski definition) is 1. The predicted molar refractivity (Wildman–Crippen MR) is 117 cm³/mol. The average molecular weight is 428 g/mol. The van der Waals surface area contributed by atoms with Crippen molar-refractivity contribution >= 4 is 11.6 Å². The standard InChI is InChI=1S/C23H29N3O5/c1-17-6-7-19(15-22(17)26(28)29)23(27)24-16-18-4-3-5-21(14-18)31-13-10-25(2)20-8-11-30-12-9-20/h3-7,14-15,20H,8-13,16H2,1-2H3,(H,24,27). The summed E-state index contributed by atoms with van der Waals surface area (Å²) in [5, 5.41) is 13.9. The van der Waals surface area contributed by atoms with E-state index in [4.69, 9.17) is 9.47 Å². The number of hydrogen-bond acceptors (Lipinski definition) is 6. The van der Waals surface area contributed by atoms with Crippen LogP contribution in [0.25, 0.3) is 0 Å². The first kappa shape index (κ1) is 22.7. The normalized spacial score (nSPS) is 14.4. The zero-order valence-electron chi connectivity index (χ0n) is 18.0. The van der Waals surface area contributed by atoms with Crippen molar-refractivity contribution in [3.05, 3.63) is 69.3 Å². The van der Waals surface area contributed by atoms with Crippen LogP contribution in [0.1, 0.15) is 34.3 Å². The maximum atomic E-state index is 12.4. The molecule has 0 radical (unpaired) electrons. The first-order valence-electron chi connectivity index (χ1n) is 10.5. The number of nitrogens with zero attached hydrogens (tertiary/aromatic N) is 2. The van der Waals surface area contributed by atoms with Gasteiger partial charge in [-0.05, 0) is 50.6 Å². The number of nitrogens with one attached hydrogen (secondary N) is 1. The molecule has 8 nitrogen and oxygen atoms in total. The summed E-state index contributed by atoms with van der Waals surface area (Å²) < 4.78 is 11.3. The van der Waals surface area contributed by atoms with Gasteiger partial charge in [-0.2, -0.15) is 0 Å². The van der Waals surface area contributed by atoms with Crippen LogP contribution in [0.2, 0.25) is 0 Å². The van der Waals surface area contributed by atoms with Gasteiger partial charge in [0.05, 0.1) is 4.92 Å². The molecular weight excluding hydrogens is 398 g/mol. The van der Waals surface area contributed by atoms with Gasteiger partial charge in [0.15, 0.2) is 0 Å². The summed E-state index contributed by atoms with van der Waals surface area (Å²) in [7, 11) is 2.11. The molecule has 1 aliphatic heterocycles. The topological polar surface area (TPSA) is 93.9 Å². The predicted octanol–water partition coefficient (Wildman–Crippen LogP) is 3.32. The second kappa shape index (κ2) is 10.9. The molecule has 8 heteroatoms. The summed E-state index contributed by atoms with van der Waals surface area (Å²) in [4.78, 5) is 25.3. The van der Waals surface area contributed by atoms with Crippen molar-refractivity contribution in [2.45, 2.75) is 32.4 Å². The minimum Gasteiger partial charge on any atom is -0.492 e. The zero-order chi connectivity index (χ0) is 22.2. The van der Waals surface area contributed by atoms with Crippen LogP contribution in [0, 0.1) is 17.0 Å². The molecule has 0 atom stereocenters. The van der Waals surface area contributed by atoms with Gasteiger partial charge in [-0.25, -0.2) is 0 Å². The number of likely N-dealkylation sites (N-methyl/N-ethyl adjacent to an activating group) is 1. The molecule has 0 spiro atoms. The fraction of sp³-hybridized carbons (Fsp3) is 0.435. The summed E-state index contributed by atoms with van der Waals surface area (Å²) >= 11 is 0. The van der Waals surface area contributed by atoms with Gasteiger partial charge in [-0.15, -0.1) is 0 Å². The highest BCUT2D eigenvalue weighted by Crippen LogP contribution is 2.20. The quantitative estimate of drug-likeness (QED) is 0.487. The monoisotopic (exact) mass is 427 g/mol. The third-order valence-electron chi connectivity index (χ3n) is 5.55. The van der Waals surface area contributed by atoms with Gasteiger partial charge in [0.1, 0.15) is 12.4 Å². The van der Waals surface area contributed by atoms with E-state index in [-0.39, 0.29) is 17.2 Å². The Bertz CT molecular complexity index is 912. The Balaban J connectivity index is 1.49. The number of amides is 1. The molecule has 1 aliphatic rings. The van der Waals surface area contributed by atoms with Crippen LogP contribution in [0.4, 0.5) is 5.69 Å². The third-order valence-corrected chi connectivity index (χ3v) is 5.55. The molecular formula is C23H29N3O5. The van der Waals surface area contributed by atoms with Crippen LogP contribution in [-0.2, 0) is 11.3 Å². The van der Waals surface area contributed by atoms with E-state index in [1.807, 2.05) is 24.3 Å². The Labute approximate surface area is 182 Å². The van der Waals surface area contributed by atoms with Crippen LogP contribution >= 0.6 is 0 Å². The van der Waals surface area contributed by atoms with Crippen LogP contribution in [0.3, 0.4) is 0 Å². The molecule has 1 saturated heterocycles. The molecule has 1 amide bonds. The number of benzene rings is 2. The molecule has 3 rings (SSSR count). The molecule has 0 saturated carbocycles. The lowest BCUT2D eigenvalue weighted by atomic mass is 10.1. The molecule has 0 bridgehead atoms. The maximum absolute atomic E-state index is 12.4. The minimum atomic E-state index is -0.480. The second-order valence-corrected chi connectivity index (χ2v) is 7.76. The molecule has 2 aromatic carbocycles. The Hall–Kier alpha value is -2.97. The fourth-order valence-electron chi connectivity index (χ4n) is 3.59. The van der Waals surface area contributed by atoms with Crippen molar-refractivity contribution in [2.75, 3.05) is 33.4 Å². The summed E-state index contributed by atoms with van der Waals surface area (Å²) in [5.41, 5.74) is 1.62. The number of nitro benzene ring substituents is 1. The maximum Gasteiger partial charge on any atom is 0.273 e. The number of aryl methyl sites for hydroxylation is 1. The first-order valence-corrected chi connectivity index (χ1v) is 10.5. The summed E-state index contributed by atoms with van der Waals surface area (Å²) in [5.74, 6) is 0.394. The number of nitro groups is 1. The molecule has 1 heterocycles. The molecule has 1 N–H and O–H groups in total. The molecule has 0 aliphatic carbocycles. The van der Waals surface area contributed by atoms with Crippen molar-refractivity contribution < 1.29 is 19.2 Å². The van der Waals surface area contributed by atoms with Crippen molar-refractivity contribution in [1.29, 1.82) is 0 Å². The van der Waals surface area contributed by atoms with Gasteiger partial charge in [0.25, 0.3) is 11.6 Å². The Morgan fingerprint density at radius 2 is 2.03 bits per heavy atom. The van der Waals surface area contributed by atoms with Crippen LogP contribution in [0.15, 0.2) is 42.5 Å². The largest absolute Gasteiger partial charge is 0.492 e. The van der Waals surface area contributed by atoms with Gasteiger partial charge < -0.3 is 14.8 Å². The SMILES string of the molecule is Cc1ccc(C(=O)NCc2cccc(OCCN(C)C3CCOCC3)c2)cc1[N+](=O)[O-]. The van der Waals surface area contributed by atoms with E-state index in [0.717, 1.165) is 43.9 Å². The lowest BCUT2D eigenvalue weighted by Crippen LogP contribution is -2.38. The zero-order valence-corrected chi connectivity index (χ0v) is 18.0. The highest BCUT2D eigenvalue weighted by atomic mass is 16.6. The van der Waals surface area contributed by atoms with Crippen molar-refractivity contribution in [3.8, 4) is 5.75 Å². The van der Waals surface area contributed by atoms with Crippen LogP contribution in [-0.4, -0.2) is 55.2 Å². The van der Waals surface area contributed by atoms with Crippen molar-refractivity contribution in [2.24, 2.45) is 0 Å². The van der Waals surface area contributed by atoms with Gasteiger partial charge in [-0.1, -0.05) is 18.2 Å². The van der Waals surface area contributed by atoms with Crippen LogP contribution in [0.5, 0.6) is 5.75 Å². The van der Waals surface area contributed by atoms with E-state index in [9.17, 15) is 14.9 Å². The molecule has 0 unspecified atom stereocenters. The summed E-state index contributed by atoms with van der Waals surface area (Å²) in [6, 6.07) is 12.6. The van der Waals surface area contributed by atoms with E-state index < -0.39 is 4.92 Å². The van der Waals surface area contributed by atoms with E-state index in [1.54, 1.807) is 19.1 Å². The van der Waals surface area contributed by atoms with Crippen LogP contribution < -0.4 is 10.1 Å². The van der Waals surface area contributed by atoms with E-state index >= 15 is 0 Å². The number of rotatable bonds is 9. The highest BCUT2D eigenvalue weighted by molar-refractivity contribution is 5.94. The summed E-state index contributed by atoms with van der Waals surface area (Å²) in [6.07, 6.45) is 2.10. The number of carbonyl (C=O) groups is 1. The fourth-order valence-corrected chi connectivity index (χ4v) is 3.59. The number of ether oxygens (including phenoxy) is 2. The first-order chi connectivity index (χ1) is 14.9. The smallest absolute Gasteiger partial charge is 0.273 e. The Kier molecular flexibility index (Phi) is 7.97. The lowest BCUT2D eigenvalue weighted by Gasteiger charge is -2.31. The van der Waals surface area contributed by atoms with Crippen molar-refractivity contribution in [3.63, 3.8) is 0 Å². The van der Waals surface area contributed by atoms with Gasteiger partial charge in [0, 0.05) is 49.5 Å². The van der Waals surface area contributed by atoms with Gasteiger partial charge in [0.2, 0.25) is 0 Å². The molecule has 31 heavy (non-hydrogen) atoms. The van der Waals surface area contributed by atoms with Gasteiger partial charge >= 0.3 is 0 Å². The minimum absolute atomic E-state index is 0.0613. The van der Waals surface area contributed by atoms with E-state index in [2.05, 4.69) is 17.3 Å². The molecule has 2 aromatic rings. The van der Waals surface area contributed by atoms with Crippen molar-refractivity contribution in [1.82, 2.24) is 10.2 Å². The summed E-state index contributed by atoms with van der Waals surface area (Å²) in [6.45, 7) is 5.00. The Morgan fingerprint density at radius 1 is 1.26 bits per heavy atom. The molecule has 1 fully saturated rings. The molecule has 0 aromatic heterocycles. The van der Waals surface area contributed by atoms with E-state index in [0.29, 0.717) is 24.8 Å².